The van der Waals surface area contributed by atoms with Crippen molar-refractivity contribution in [2.75, 3.05) is 13.1 Å². The van der Waals surface area contributed by atoms with Gasteiger partial charge in [-0.1, -0.05) is 32.6 Å². The van der Waals surface area contributed by atoms with Gasteiger partial charge in [0.05, 0.1) is 12.6 Å². The molecule has 5 aliphatic rings. The van der Waals surface area contributed by atoms with Crippen molar-refractivity contribution in [2.45, 2.75) is 114 Å². The normalized spacial score (nSPS) is 35.1. The molecule has 0 radical (unpaired) electrons. The second-order valence-electron chi connectivity index (χ2n) is 10.9. The van der Waals surface area contributed by atoms with E-state index in [2.05, 4.69) is 18.3 Å². The average molecular weight is 446 g/mol. The van der Waals surface area contributed by atoms with E-state index in [0.717, 1.165) is 64.2 Å². The maximum atomic E-state index is 12.8. The Morgan fingerprint density at radius 2 is 1.88 bits per heavy atom. The summed E-state index contributed by atoms with van der Waals surface area (Å²) in [6.07, 6.45) is 13.5. The van der Waals surface area contributed by atoms with Crippen LogP contribution < -0.4 is 5.32 Å². The van der Waals surface area contributed by atoms with E-state index in [9.17, 15) is 14.9 Å². The third-order valence-electron chi connectivity index (χ3n) is 8.14. The largest absolute Gasteiger partial charge is 0.342 e. The van der Waals surface area contributed by atoms with Crippen LogP contribution in [0.15, 0.2) is 0 Å². The molecule has 1 saturated heterocycles. The summed E-state index contributed by atoms with van der Waals surface area (Å²) in [6, 6.07) is 1.97. The highest BCUT2D eigenvalue weighted by Crippen LogP contribution is 2.59. The van der Waals surface area contributed by atoms with Crippen molar-refractivity contribution in [1.29, 1.82) is 5.26 Å². The fourth-order valence-electron chi connectivity index (χ4n) is 7.10. The first-order chi connectivity index (χ1) is 15.5. The van der Waals surface area contributed by atoms with Crippen molar-refractivity contribution in [3.63, 3.8) is 0 Å². The number of carbonyl (C=O) groups is 2. The zero-order valence-electron chi connectivity index (χ0n) is 19.6. The summed E-state index contributed by atoms with van der Waals surface area (Å²) in [6.45, 7) is 3.13. The molecular formula is C25H39N3O4. The molecule has 0 aromatic carbocycles. The van der Waals surface area contributed by atoms with E-state index < -0.39 is 5.60 Å². The summed E-state index contributed by atoms with van der Waals surface area (Å²) < 4.78 is 0. The number of carbonyl (C=O) groups excluding carboxylic acids is 2. The van der Waals surface area contributed by atoms with Crippen LogP contribution in [0.1, 0.15) is 96.8 Å². The lowest BCUT2D eigenvalue weighted by atomic mass is 9.51. The molecule has 178 valence electrons. The molecule has 4 saturated carbocycles. The van der Waals surface area contributed by atoms with Crippen LogP contribution in [0, 0.1) is 23.2 Å². The van der Waals surface area contributed by atoms with E-state index in [-0.39, 0.29) is 30.0 Å². The van der Waals surface area contributed by atoms with Crippen LogP contribution in [-0.2, 0) is 19.4 Å². The van der Waals surface area contributed by atoms with Crippen molar-refractivity contribution in [1.82, 2.24) is 10.2 Å². The lowest BCUT2D eigenvalue weighted by Crippen LogP contribution is -2.66. The van der Waals surface area contributed by atoms with Crippen LogP contribution in [0.4, 0.5) is 0 Å². The zero-order valence-corrected chi connectivity index (χ0v) is 19.6. The van der Waals surface area contributed by atoms with E-state index in [1.54, 1.807) is 4.90 Å². The molecule has 1 aliphatic heterocycles. The fourth-order valence-corrected chi connectivity index (χ4v) is 7.10. The molecule has 1 amide bonds. The monoisotopic (exact) mass is 445 g/mol. The molecule has 7 nitrogen and oxygen atoms in total. The molecule has 1 N–H and O–H groups in total. The number of nitrogens with zero attached hydrogens (tertiary/aromatic N) is 2. The van der Waals surface area contributed by atoms with Gasteiger partial charge in [-0.2, -0.15) is 10.1 Å². The number of hydrogen-bond donors (Lipinski definition) is 1. The van der Waals surface area contributed by atoms with Crippen molar-refractivity contribution < 1.29 is 19.4 Å². The highest BCUT2D eigenvalue weighted by molar-refractivity contribution is 5.79. The third-order valence-corrected chi connectivity index (χ3v) is 8.14. The summed E-state index contributed by atoms with van der Waals surface area (Å²) in [7, 11) is 0. The number of likely N-dealkylation sites (tertiary alicyclic amines) is 1. The van der Waals surface area contributed by atoms with Gasteiger partial charge in [-0.25, -0.2) is 4.79 Å². The number of hydrogen-bond acceptors (Lipinski definition) is 6. The predicted octanol–water partition coefficient (Wildman–Crippen LogP) is 4.02. The Labute approximate surface area is 192 Å². The lowest BCUT2D eigenvalue weighted by molar-refractivity contribution is -0.363. The summed E-state index contributed by atoms with van der Waals surface area (Å²) in [5, 5.41) is 12.9. The highest BCUT2D eigenvalue weighted by atomic mass is 17.2. The minimum atomic E-state index is -0.416. The lowest BCUT2D eigenvalue weighted by Gasteiger charge is -2.60. The predicted molar refractivity (Wildman–Crippen MR) is 119 cm³/mol. The van der Waals surface area contributed by atoms with Crippen LogP contribution >= 0.6 is 0 Å². The van der Waals surface area contributed by atoms with E-state index in [0.29, 0.717) is 24.8 Å². The van der Waals surface area contributed by atoms with Crippen LogP contribution in [0.3, 0.4) is 0 Å². The Morgan fingerprint density at radius 3 is 2.59 bits per heavy atom. The third kappa shape index (κ3) is 5.28. The zero-order chi connectivity index (χ0) is 22.6. The van der Waals surface area contributed by atoms with Gasteiger partial charge in [0.1, 0.15) is 11.6 Å². The highest BCUT2D eigenvalue weighted by Gasteiger charge is 2.59. The second kappa shape index (κ2) is 10.1. The quantitative estimate of drug-likeness (QED) is 0.293. The molecule has 0 aromatic heterocycles. The first kappa shape index (κ1) is 23.5. The van der Waals surface area contributed by atoms with E-state index in [4.69, 9.17) is 9.78 Å². The molecule has 0 spiro atoms. The van der Waals surface area contributed by atoms with Crippen molar-refractivity contribution in [2.24, 2.45) is 11.8 Å². The van der Waals surface area contributed by atoms with E-state index in [1.807, 2.05) is 0 Å². The first-order valence-electron chi connectivity index (χ1n) is 12.8. The van der Waals surface area contributed by atoms with Gasteiger partial charge >= 0.3 is 5.97 Å². The molecule has 5 rings (SSSR count). The number of rotatable bonds is 11. The van der Waals surface area contributed by atoms with Crippen molar-refractivity contribution >= 4 is 11.9 Å². The van der Waals surface area contributed by atoms with Gasteiger partial charge in [0.2, 0.25) is 5.91 Å². The molecule has 1 heterocycles. The Balaban J connectivity index is 1.29. The van der Waals surface area contributed by atoms with Gasteiger partial charge in [0.15, 0.2) is 0 Å². The topological polar surface area (TPSA) is 91.7 Å². The minimum absolute atomic E-state index is 0.0225. The van der Waals surface area contributed by atoms with Crippen LogP contribution in [0.25, 0.3) is 0 Å². The Bertz CT molecular complexity index is 719. The molecule has 5 fully saturated rings. The Hall–Kier alpha value is -1.65. The number of nitrogens with one attached hydrogen (secondary N) is 1. The summed E-state index contributed by atoms with van der Waals surface area (Å²) in [5.41, 5.74) is -0.547. The maximum absolute atomic E-state index is 12.8. The smallest absolute Gasteiger partial charge is 0.326 e. The molecule has 0 aromatic rings. The van der Waals surface area contributed by atoms with Gasteiger partial charge in [0, 0.05) is 18.5 Å². The number of amides is 1. The van der Waals surface area contributed by atoms with E-state index >= 15 is 0 Å². The van der Waals surface area contributed by atoms with Gasteiger partial charge in [-0.05, 0) is 69.6 Å². The standard InChI is InChI=1S/C25H39N3O4/c1-2-3-4-5-6-9-23(30)31-32-25-14-19-11-20(15-25)13-24(12-19,18-25)27-17-22(29)28-10-7-8-21(28)16-26/h19-21,27H,2-15,17-18H2,1H3. The summed E-state index contributed by atoms with van der Waals surface area (Å²) >= 11 is 0. The maximum Gasteiger partial charge on any atom is 0.342 e. The Morgan fingerprint density at radius 1 is 1.12 bits per heavy atom. The molecule has 7 heteroatoms. The average Bonchev–Trinajstić information content (AvgIpc) is 3.24. The summed E-state index contributed by atoms with van der Waals surface area (Å²) in [4.78, 5) is 38.0. The second-order valence-corrected chi connectivity index (χ2v) is 10.9. The summed E-state index contributed by atoms with van der Waals surface area (Å²) in [5.74, 6) is 0.857. The minimum Gasteiger partial charge on any atom is -0.326 e. The SMILES string of the molecule is CCCCCCCC(=O)OOC12CC3CC(CC(NCC(=O)N4CCCC4C#N)(C3)C1)C2. The van der Waals surface area contributed by atoms with Gasteiger partial charge in [-0.15, -0.1) is 0 Å². The van der Waals surface area contributed by atoms with Gasteiger partial charge < -0.3 is 10.2 Å². The molecule has 4 aliphatic carbocycles. The Kier molecular flexibility index (Phi) is 7.41. The number of unbranched alkanes of at least 4 members (excludes halogenated alkanes) is 4. The molecule has 4 bridgehead atoms. The molecular weight excluding hydrogens is 406 g/mol. The van der Waals surface area contributed by atoms with Crippen molar-refractivity contribution in [3.8, 4) is 6.07 Å². The fraction of sp³-hybridized carbons (Fsp3) is 0.880. The molecule has 32 heavy (non-hydrogen) atoms. The van der Waals surface area contributed by atoms with Gasteiger partial charge in [-0.3, -0.25) is 9.68 Å². The van der Waals surface area contributed by atoms with Gasteiger partial charge in [0.25, 0.3) is 0 Å². The number of nitriles is 1. The van der Waals surface area contributed by atoms with Crippen LogP contribution in [0.2, 0.25) is 0 Å². The first-order valence-corrected chi connectivity index (χ1v) is 12.8. The molecule has 3 unspecified atom stereocenters. The van der Waals surface area contributed by atoms with Crippen LogP contribution in [0.5, 0.6) is 0 Å². The van der Waals surface area contributed by atoms with Crippen molar-refractivity contribution in [3.05, 3.63) is 0 Å². The van der Waals surface area contributed by atoms with Crippen LogP contribution in [-0.4, -0.2) is 47.0 Å². The van der Waals surface area contributed by atoms with E-state index in [1.165, 1.54) is 19.3 Å². The molecule has 3 atom stereocenters.